The van der Waals surface area contributed by atoms with Crippen LogP contribution in [0.2, 0.25) is 0 Å². The van der Waals surface area contributed by atoms with E-state index in [4.69, 9.17) is 14.2 Å². The average Bonchev–Trinajstić information content (AvgIpc) is 3.05. The summed E-state index contributed by atoms with van der Waals surface area (Å²) in [6.07, 6.45) is 1.51. The summed E-state index contributed by atoms with van der Waals surface area (Å²) in [6, 6.07) is 9.91. The van der Waals surface area contributed by atoms with Gasteiger partial charge in [-0.05, 0) is 44.4 Å². The number of hydrogen-bond acceptors (Lipinski definition) is 6. The summed E-state index contributed by atoms with van der Waals surface area (Å²) in [4.78, 5) is 2.09. The predicted molar refractivity (Wildman–Crippen MR) is 116 cm³/mol. The van der Waals surface area contributed by atoms with Gasteiger partial charge in [0.2, 0.25) is 0 Å². The van der Waals surface area contributed by atoms with Gasteiger partial charge in [-0.1, -0.05) is 15.9 Å². The lowest BCUT2D eigenvalue weighted by atomic mass is 10.2. The van der Waals surface area contributed by atoms with Crippen LogP contribution in [0.25, 0.3) is 10.9 Å². The van der Waals surface area contributed by atoms with Crippen molar-refractivity contribution in [1.82, 2.24) is 8.87 Å². The van der Waals surface area contributed by atoms with Crippen LogP contribution >= 0.6 is 15.9 Å². The van der Waals surface area contributed by atoms with E-state index in [-0.39, 0.29) is 4.90 Å². The highest BCUT2D eigenvalue weighted by molar-refractivity contribution is 9.10. The number of fused-ring (bicyclic) bond motifs is 1. The molecule has 0 radical (unpaired) electrons. The highest BCUT2D eigenvalue weighted by atomic mass is 79.9. The maximum Gasteiger partial charge on any atom is 0.268 e. The van der Waals surface area contributed by atoms with Crippen LogP contribution in [0.5, 0.6) is 17.2 Å². The molecule has 3 aromatic rings. The Morgan fingerprint density at radius 3 is 2.38 bits per heavy atom. The smallest absolute Gasteiger partial charge is 0.268 e. The molecule has 0 spiro atoms. The van der Waals surface area contributed by atoms with Gasteiger partial charge >= 0.3 is 0 Å². The SMILES string of the molecule is COc1ccc(S(=O)(=O)n2cc(OCCN(C)C)c3cc(Br)ccc32)cc1OC. The van der Waals surface area contributed by atoms with Gasteiger partial charge < -0.3 is 19.1 Å². The van der Waals surface area contributed by atoms with Crippen molar-refractivity contribution < 1.29 is 22.6 Å². The summed E-state index contributed by atoms with van der Waals surface area (Å²) >= 11 is 3.44. The minimum atomic E-state index is -3.88. The molecular formula is C20H23BrN2O5S. The first-order valence-corrected chi connectivity index (χ1v) is 11.1. The van der Waals surface area contributed by atoms with Crippen molar-refractivity contribution in [2.75, 3.05) is 41.5 Å². The number of nitrogens with zero attached hydrogens (tertiary/aromatic N) is 2. The summed E-state index contributed by atoms with van der Waals surface area (Å²) in [6.45, 7) is 1.15. The van der Waals surface area contributed by atoms with Gasteiger partial charge in [-0.3, -0.25) is 0 Å². The number of likely N-dealkylation sites (N-methyl/N-ethyl adjacent to an activating group) is 1. The summed E-state index contributed by atoms with van der Waals surface area (Å²) in [5, 5.41) is 0.710. The van der Waals surface area contributed by atoms with Crippen LogP contribution < -0.4 is 14.2 Å². The lowest BCUT2D eigenvalue weighted by molar-refractivity contribution is 0.263. The van der Waals surface area contributed by atoms with Crippen LogP contribution in [-0.2, 0) is 10.0 Å². The molecule has 3 rings (SSSR count). The van der Waals surface area contributed by atoms with Gasteiger partial charge in [0.1, 0.15) is 12.4 Å². The number of benzene rings is 2. The Labute approximate surface area is 179 Å². The predicted octanol–water partition coefficient (Wildman–Crippen LogP) is 3.60. The van der Waals surface area contributed by atoms with Crippen molar-refractivity contribution in [1.29, 1.82) is 0 Å². The van der Waals surface area contributed by atoms with Crippen LogP contribution in [0.4, 0.5) is 0 Å². The molecule has 0 aliphatic heterocycles. The summed E-state index contributed by atoms with van der Waals surface area (Å²) in [5.74, 6) is 1.31. The van der Waals surface area contributed by atoms with E-state index in [1.807, 2.05) is 25.1 Å². The van der Waals surface area contributed by atoms with Gasteiger partial charge in [0.05, 0.1) is 30.8 Å². The topological polar surface area (TPSA) is 70.0 Å². The highest BCUT2D eigenvalue weighted by Gasteiger charge is 2.23. The van der Waals surface area contributed by atoms with E-state index in [0.29, 0.717) is 41.3 Å². The summed E-state index contributed by atoms with van der Waals surface area (Å²) in [7, 11) is 2.98. The number of methoxy groups -OCH3 is 2. The molecule has 2 aromatic carbocycles. The highest BCUT2D eigenvalue weighted by Crippen LogP contribution is 2.35. The van der Waals surface area contributed by atoms with E-state index < -0.39 is 10.0 Å². The van der Waals surface area contributed by atoms with Gasteiger partial charge in [-0.25, -0.2) is 12.4 Å². The van der Waals surface area contributed by atoms with Gasteiger partial charge in [0.25, 0.3) is 10.0 Å². The molecule has 29 heavy (non-hydrogen) atoms. The third kappa shape index (κ3) is 4.36. The van der Waals surface area contributed by atoms with Crippen LogP contribution in [-0.4, -0.2) is 58.8 Å². The van der Waals surface area contributed by atoms with Crippen molar-refractivity contribution in [2.24, 2.45) is 0 Å². The molecule has 1 heterocycles. The van der Waals surface area contributed by atoms with Crippen LogP contribution in [0, 0.1) is 0 Å². The Balaban J connectivity index is 2.11. The molecule has 0 aliphatic carbocycles. The molecule has 9 heteroatoms. The molecule has 0 fully saturated rings. The molecule has 0 atom stereocenters. The van der Waals surface area contributed by atoms with E-state index in [2.05, 4.69) is 15.9 Å². The van der Waals surface area contributed by atoms with Crippen LogP contribution in [0.15, 0.2) is 52.0 Å². The molecule has 0 saturated carbocycles. The quantitative estimate of drug-likeness (QED) is 0.488. The zero-order chi connectivity index (χ0) is 21.2. The number of rotatable bonds is 8. The van der Waals surface area contributed by atoms with E-state index in [1.54, 1.807) is 18.2 Å². The van der Waals surface area contributed by atoms with E-state index >= 15 is 0 Å². The second-order valence-corrected chi connectivity index (χ2v) is 9.35. The summed E-state index contributed by atoms with van der Waals surface area (Å²) < 4.78 is 45.2. The monoisotopic (exact) mass is 482 g/mol. The first-order chi connectivity index (χ1) is 13.8. The molecule has 0 amide bonds. The van der Waals surface area contributed by atoms with Crippen LogP contribution in [0.1, 0.15) is 0 Å². The molecule has 7 nitrogen and oxygen atoms in total. The average molecular weight is 483 g/mol. The van der Waals surface area contributed by atoms with E-state index in [1.165, 1.54) is 36.5 Å². The zero-order valence-electron chi connectivity index (χ0n) is 16.7. The Morgan fingerprint density at radius 1 is 1.00 bits per heavy atom. The van der Waals surface area contributed by atoms with Gasteiger partial charge in [-0.2, -0.15) is 0 Å². The Morgan fingerprint density at radius 2 is 1.72 bits per heavy atom. The van der Waals surface area contributed by atoms with Gasteiger partial charge in [0, 0.05) is 22.5 Å². The Kier molecular flexibility index (Phi) is 6.40. The van der Waals surface area contributed by atoms with E-state index in [9.17, 15) is 8.42 Å². The molecule has 0 bridgehead atoms. The van der Waals surface area contributed by atoms with Crippen molar-refractivity contribution in [2.45, 2.75) is 4.90 Å². The lowest BCUT2D eigenvalue weighted by Gasteiger charge is -2.11. The number of hydrogen-bond donors (Lipinski definition) is 0. The van der Waals surface area contributed by atoms with Crippen LogP contribution in [0.3, 0.4) is 0 Å². The van der Waals surface area contributed by atoms with Gasteiger partial charge in [0.15, 0.2) is 11.5 Å². The maximum absolute atomic E-state index is 13.4. The normalized spacial score (nSPS) is 11.8. The first kappa shape index (κ1) is 21.5. The summed E-state index contributed by atoms with van der Waals surface area (Å²) in [5.41, 5.74) is 0.530. The molecule has 0 saturated heterocycles. The third-order valence-corrected chi connectivity index (χ3v) is 6.57. The largest absolute Gasteiger partial charge is 0.493 e. The number of ether oxygens (including phenoxy) is 3. The minimum absolute atomic E-state index is 0.0924. The molecular weight excluding hydrogens is 460 g/mol. The fourth-order valence-electron chi connectivity index (χ4n) is 2.89. The Hall–Kier alpha value is -2.23. The third-order valence-electron chi connectivity index (χ3n) is 4.40. The molecule has 0 aliphatic rings. The maximum atomic E-state index is 13.4. The second kappa shape index (κ2) is 8.64. The zero-order valence-corrected chi connectivity index (χ0v) is 19.1. The fourth-order valence-corrected chi connectivity index (χ4v) is 4.62. The molecule has 0 unspecified atom stereocenters. The molecule has 1 aromatic heterocycles. The van der Waals surface area contributed by atoms with Crippen molar-refractivity contribution in [3.05, 3.63) is 47.1 Å². The van der Waals surface area contributed by atoms with Crippen molar-refractivity contribution in [3.8, 4) is 17.2 Å². The molecule has 0 N–H and O–H groups in total. The Bertz CT molecular complexity index is 1130. The fraction of sp³-hybridized carbons (Fsp3) is 0.300. The van der Waals surface area contributed by atoms with Crippen molar-refractivity contribution >= 4 is 36.9 Å². The first-order valence-electron chi connectivity index (χ1n) is 8.83. The van der Waals surface area contributed by atoms with Crippen molar-refractivity contribution in [3.63, 3.8) is 0 Å². The molecule has 156 valence electrons. The van der Waals surface area contributed by atoms with E-state index in [0.717, 1.165) is 4.47 Å². The second-order valence-electron chi connectivity index (χ2n) is 6.62. The number of aromatic nitrogens is 1. The standard InChI is InChI=1S/C20H23BrN2O5S/c1-22(2)9-10-28-20-13-23(17-7-5-14(21)11-16(17)20)29(24,25)15-6-8-18(26-3)19(12-15)27-4/h5-8,11-13H,9-10H2,1-4H3. The number of halogens is 1. The van der Waals surface area contributed by atoms with Gasteiger partial charge in [-0.15, -0.1) is 0 Å². The minimum Gasteiger partial charge on any atom is -0.493 e. The lowest BCUT2D eigenvalue weighted by Crippen LogP contribution is -2.19.